The standard InChI is InChI=1S/C20H19N3O3S/c1-2-26-18(24)9-13-11-27-20(21-13)23-19(25)15-10-17(12-7-8-12)22-16-6-4-3-5-14(15)16/h3-6,10-12H,2,7-9H2,1H3,(H,21,23,25). The Hall–Kier alpha value is -2.80. The second-order valence-electron chi connectivity index (χ2n) is 6.47. The lowest BCUT2D eigenvalue weighted by atomic mass is 10.1. The van der Waals surface area contributed by atoms with E-state index in [0.717, 1.165) is 29.4 Å². The SMILES string of the molecule is CCOC(=O)Cc1csc(NC(=O)c2cc(C3CC3)nc3ccccc23)n1. The van der Waals surface area contributed by atoms with Crippen LogP contribution >= 0.6 is 11.3 Å². The lowest BCUT2D eigenvalue weighted by molar-refractivity contribution is -0.142. The highest BCUT2D eigenvalue weighted by Gasteiger charge is 2.27. The second-order valence-corrected chi connectivity index (χ2v) is 7.32. The minimum Gasteiger partial charge on any atom is -0.466 e. The Morgan fingerprint density at radius 2 is 2.07 bits per heavy atom. The largest absolute Gasteiger partial charge is 0.466 e. The first-order chi connectivity index (χ1) is 13.1. The third kappa shape index (κ3) is 3.98. The van der Waals surface area contributed by atoms with Crippen LogP contribution < -0.4 is 5.32 Å². The molecule has 2 aromatic heterocycles. The van der Waals surface area contributed by atoms with E-state index in [4.69, 9.17) is 9.72 Å². The Balaban J connectivity index is 1.56. The summed E-state index contributed by atoms with van der Waals surface area (Å²) < 4.78 is 4.93. The summed E-state index contributed by atoms with van der Waals surface area (Å²) in [6.07, 6.45) is 2.34. The molecule has 0 saturated heterocycles. The van der Waals surface area contributed by atoms with Gasteiger partial charge in [0, 0.05) is 22.4 Å². The number of nitrogens with zero attached hydrogens (tertiary/aromatic N) is 2. The minimum atomic E-state index is -0.324. The summed E-state index contributed by atoms with van der Waals surface area (Å²) in [7, 11) is 0. The average molecular weight is 381 g/mol. The van der Waals surface area contributed by atoms with Gasteiger partial charge in [-0.25, -0.2) is 4.98 Å². The van der Waals surface area contributed by atoms with Crippen molar-refractivity contribution < 1.29 is 14.3 Å². The Bertz CT molecular complexity index is 1010. The maximum atomic E-state index is 12.9. The van der Waals surface area contributed by atoms with E-state index in [9.17, 15) is 9.59 Å². The Kier molecular flexibility index (Phi) is 4.85. The Labute approximate surface area is 160 Å². The molecule has 6 nitrogen and oxygen atoms in total. The molecule has 0 aliphatic heterocycles. The number of para-hydroxylation sites is 1. The summed E-state index contributed by atoms with van der Waals surface area (Å²) in [5.74, 6) is -0.0837. The van der Waals surface area contributed by atoms with E-state index in [1.807, 2.05) is 30.3 Å². The molecule has 27 heavy (non-hydrogen) atoms. The number of hydrogen-bond acceptors (Lipinski definition) is 6. The number of carbonyl (C=O) groups excluding carboxylic acids is 2. The molecule has 0 atom stereocenters. The van der Waals surface area contributed by atoms with Gasteiger partial charge in [0.2, 0.25) is 0 Å². The lowest BCUT2D eigenvalue weighted by Crippen LogP contribution is -2.13. The van der Waals surface area contributed by atoms with Crippen LogP contribution in [-0.4, -0.2) is 28.5 Å². The fourth-order valence-electron chi connectivity index (χ4n) is 2.94. The normalized spacial score (nSPS) is 13.5. The van der Waals surface area contributed by atoms with Crippen LogP contribution in [0.2, 0.25) is 0 Å². The fourth-order valence-corrected chi connectivity index (χ4v) is 3.65. The maximum absolute atomic E-state index is 12.9. The van der Waals surface area contributed by atoms with Crippen LogP contribution in [0, 0.1) is 0 Å². The van der Waals surface area contributed by atoms with Crippen LogP contribution in [0.4, 0.5) is 5.13 Å². The summed E-state index contributed by atoms with van der Waals surface area (Å²) >= 11 is 1.29. The molecule has 1 amide bonds. The summed E-state index contributed by atoms with van der Waals surface area (Å²) in [4.78, 5) is 33.5. The Morgan fingerprint density at radius 3 is 2.85 bits per heavy atom. The van der Waals surface area contributed by atoms with Crippen molar-refractivity contribution in [3.63, 3.8) is 0 Å². The van der Waals surface area contributed by atoms with Gasteiger partial charge in [-0.05, 0) is 31.9 Å². The number of carbonyl (C=O) groups is 2. The topological polar surface area (TPSA) is 81.2 Å². The first kappa shape index (κ1) is 17.6. The van der Waals surface area contributed by atoms with E-state index in [0.29, 0.717) is 28.9 Å². The van der Waals surface area contributed by atoms with Gasteiger partial charge in [0.05, 0.1) is 29.8 Å². The monoisotopic (exact) mass is 381 g/mol. The van der Waals surface area contributed by atoms with Crippen LogP contribution in [-0.2, 0) is 16.0 Å². The van der Waals surface area contributed by atoms with Crippen LogP contribution in [0.3, 0.4) is 0 Å². The van der Waals surface area contributed by atoms with Gasteiger partial charge in [-0.1, -0.05) is 18.2 Å². The number of amides is 1. The van der Waals surface area contributed by atoms with Gasteiger partial charge in [0.1, 0.15) is 0 Å². The van der Waals surface area contributed by atoms with Crippen molar-refractivity contribution in [2.45, 2.75) is 32.1 Å². The van der Waals surface area contributed by atoms with E-state index in [-0.39, 0.29) is 18.3 Å². The number of hydrogen-bond donors (Lipinski definition) is 1. The molecule has 1 saturated carbocycles. The zero-order valence-corrected chi connectivity index (χ0v) is 15.7. The summed E-state index contributed by atoms with van der Waals surface area (Å²) in [6, 6.07) is 9.55. The van der Waals surface area contributed by atoms with Crippen molar-refractivity contribution in [2.24, 2.45) is 0 Å². The Morgan fingerprint density at radius 1 is 1.26 bits per heavy atom. The van der Waals surface area contributed by atoms with E-state index >= 15 is 0 Å². The number of anilines is 1. The van der Waals surface area contributed by atoms with Crippen molar-refractivity contribution >= 4 is 39.2 Å². The second kappa shape index (κ2) is 7.44. The molecule has 3 aromatic rings. The quantitative estimate of drug-likeness (QED) is 0.655. The summed E-state index contributed by atoms with van der Waals surface area (Å²) in [5, 5.41) is 5.90. The van der Waals surface area contributed by atoms with Crippen molar-refractivity contribution in [3.8, 4) is 0 Å². The molecule has 1 aliphatic carbocycles. The predicted molar refractivity (Wildman–Crippen MR) is 104 cm³/mol. The zero-order valence-electron chi connectivity index (χ0n) is 14.9. The van der Waals surface area contributed by atoms with E-state index in [1.165, 1.54) is 11.3 Å². The highest BCUT2D eigenvalue weighted by atomic mass is 32.1. The van der Waals surface area contributed by atoms with Crippen molar-refractivity contribution in [3.05, 3.63) is 52.7 Å². The number of fused-ring (bicyclic) bond motifs is 1. The number of pyridine rings is 1. The number of esters is 1. The number of ether oxygens (including phenoxy) is 1. The maximum Gasteiger partial charge on any atom is 0.311 e. The molecule has 0 radical (unpaired) electrons. The van der Waals surface area contributed by atoms with Gasteiger partial charge < -0.3 is 4.74 Å². The first-order valence-electron chi connectivity index (χ1n) is 8.95. The van der Waals surface area contributed by atoms with Crippen LogP contribution in [0.25, 0.3) is 10.9 Å². The van der Waals surface area contributed by atoms with Crippen molar-refractivity contribution in [1.29, 1.82) is 0 Å². The van der Waals surface area contributed by atoms with E-state index < -0.39 is 0 Å². The third-order valence-corrected chi connectivity index (χ3v) is 5.19. The molecule has 0 unspecified atom stereocenters. The molecular weight excluding hydrogens is 362 g/mol. The van der Waals surface area contributed by atoms with Gasteiger partial charge in [0.25, 0.3) is 5.91 Å². The average Bonchev–Trinajstić information content (AvgIpc) is 3.43. The van der Waals surface area contributed by atoms with Crippen LogP contribution in [0.1, 0.15) is 47.4 Å². The van der Waals surface area contributed by atoms with E-state index in [2.05, 4.69) is 10.3 Å². The smallest absolute Gasteiger partial charge is 0.311 e. The highest BCUT2D eigenvalue weighted by molar-refractivity contribution is 7.14. The molecule has 0 bridgehead atoms. The fraction of sp³-hybridized carbons (Fsp3) is 0.300. The first-order valence-corrected chi connectivity index (χ1v) is 9.83. The van der Waals surface area contributed by atoms with Crippen molar-refractivity contribution in [2.75, 3.05) is 11.9 Å². The molecule has 1 aromatic carbocycles. The van der Waals surface area contributed by atoms with E-state index in [1.54, 1.807) is 12.3 Å². The molecule has 4 rings (SSSR count). The van der Waals surface area contributed by atoms with Crippen LogP contribution in [0.15, 0.2) is 35.7 Å². The van der Waals surface area contributed by atoms with Gasteiger partial charge in [0.15, 0.2) is 5.13 Å². The van der Waals surface area contributed by atoms with Gasteiger partial charge in [-0.2, -0.15) is 0 Å². The molecule has 0 spiro atoms. The lowest BCUT2D eigenvalue weighted by Gasteiger charge is -2.09. The minimum absolute atomic E-state index is 0.101. The number of aromatic nitrogens is 2. The highest BCUT2D eigenvalue weighted by Crippen LogP contribution is 2.40. The molecule has 138 valence electrons. The van der Waals surface area contributed by atoms with Gasteiger partial charge in [-0.3, -0.25) is 19.9 Å². The molecule has 7 heteroatoms. The summed E-state index contributed by atoms with van der Waals surface area (Å²) in [6.45, 7) is 2.10. The summed E-state index contributed by atoms with van der Waals surface area (Å²) in [5.41, 5.74) is 2.99. The van der Waals surface area contributed by atoms with Crippen molar-refractivity contribution in [1.82, 2.24) is 9.97 Å². The number of benzene rings is 1. The molecule has 1 aliphatic rings. The number of thiazole rings is 1. The molecule has 1 fully saturated rings. The number of rotatable bonds is 6. The van der Waals surface area contributed by atoms with Crippen LogP contribution in [0.5, 0.6) is 0 Å². The molecule has 2 heterocycles. The predicted octanol–water partition coefficient (Wildman–Crippen LogP) is 3.93. The molecule has 1 N–H and O–H groups in total. The number of nitrogens with one attached hydrogen (secondary N) is 1. The third-order valence-electron chi connectivity index (χ3n) is 4.38. The van der Waals surface area contributed by atoms with Gasteiger partial charge >= 0.3 is 5.97 Å². The van der Waals surface area contributed by atoms with Gasteiger partial charge in [-0.15, -0.1) is 11.3 Å². The zero-order chi connectivity index (χ0) is 18.8. The molecular formula is C20H19N3O3S.